The first kappa shape index (κ1) is 14.1. The summed E-state index contributed by atoms with van der Waals surface area (Å²) < 4.78 is 0. The molecule has 0 aliphatic heterocycles. The van der Waals surface area contributed by atoms with Crippen LogP contribution in [0, 0.1) is 0 Å². The van der Waals surface area contributed by atoms with Crippen molar-refractivity contribution in [3.8, 4) is 0 Å². The van der Waals surface area contributed by atoms with E-state index in [4.69, 9.17) is 0 Å². The number of anilines is 1. The first-order valence-corrected chi connectivity index (χ1v) is 6.82. The van der Waals surface area contributed by atoms with Crippen LogP contribution in [0.2, 0.25) is 0 Å². The molecule has 2 rings (SSSR count). The quantitative estimate of drug-likeness (QED) is 0.876. The predicted octanol–water partition coefficient (Wildman–Crippen LogP) is 3.01. The van der Waals surface area contributed by atoms with Crippen LogP contribution >= 0.6 is 0 Å². The molecule has 0 radical (unpaired) electrons. The number of pyridine rings is 1. The summed E-state index contributed by atoms with van der Waals surface area (Å²) in [6.45, 7) is 2.63. The molecular formula is C16H19N3O. The Balaban J connectivity index is 1.77. The molecule has 2 aromatic rings. The van der Waals surface area contributed by atoms with Crippen molar-refractivity contribution in [2.45, 2.75) is 19.8 Å². The number of benzene rings is 1. The number of urea groups is 1. The first-order chi connectivity index (χ1) is 9.78. The minimum Gasteiger partial charge on any atom is -0.337 e. The zero-order chi connectivity index (χ0) is 14.2. The van der Waals surface area contributed by atoms with E-state index in [1.807, 2.05) is 49.4 Å². The zero-order valence-corrected chi connectivity index (χ0v) is 11.6. The van der Waals surface area contributed by atoms with Gasteiger partial charge >= 0.3 is 6.03 Å². The maximum Gasteiger partial charge on any atom is 0.320 e. The van der Waals surface area contributed by atoms with Gasteiger partial charge in [-0.05, 0) is 30.5 Å². The lowest BCUT2D eigenvalue weighted by molar-refractivity contribution is 0.252. The Morgan fingerprint density at radius 2 is 1.90 bits per heavy atom. The second-order valence-electron chi connectivity index (χ2n) is 4.48. The predicted molar refractivity (Wildman–Crippen MR) is 80.8 cm³/mol. The highest BCUT2D eigenvalue weighted by Crippen LogP contribution is 2.05. The summed E-state index contributed by atoms with van der Waals surface area (Å²) >= 11 is 0. The molecule has 20 heavy (non-hydrogen) atoms. The number of hydrogen-bond donors (Lipinski definition) is 2. The Morgan fingerprint density at radius 3 is 2.65 bits per heavy atom. The van der Waals surface area contributed by atoms with Crippen LogP contribution in [0.4, 0.5) is 10.6 Å². The number of rotatable bonds is 5. The van der Waals surface area contributed by atoms with Gasteiger partial charge in [0.05, 0.1) is 0 Å². The molecule has 1 aromatic carbocycles. The summed E-state index contributed by atoms with van der Waals surface area (Å²) in [5.74, 6) is 0.585. The summed E-state index contributed by atoms with van der Waals surface area (Å²) in [7, 11) is 0. The molecule has 0 spiro atoms. The SMILES string of the molecule is CCc1cccc(NC(=O)NCCc2ccccc2)n1. The number of hydrogen-bond acceptors (Lipinski definition) is 2. The van der Waals surface area contributed by atoms with Gasteiger partial charge in [0.2, 0.25) is 0 Å². The van der Waals surface area contributed by atoms with E-state index in [1.165, 1.54) is 5.56 Å². The molecule has 0 saturated heterocycles. The Hall–Kier alpha value is -2.36. The van der Waals surface area contributed by atoms with Crippen molar-refractivity contribution in [1.82, 2.24) is 10.3 Å². The lowest BCUT2D eigenvalue weighted by atomic mass is 10.1. The summed E-state index contributed by atoms with van der Waals surface area (Å²) in [5.41, 5.74) is 2.17. The average molecular weight is 269 g/mol. The van der Waals surface area contributed by atoms with E-state index in [1.54, 1.807) is 6.07 Å². The van der Waals surface area contributed by atoms with E-state index in [2.05, 4.69) is 15.6 Å². The molecule has 0 unspecified atom stereocenters. The van der Waals surface area contributed by atoms with Crippen molar-refractivity contribution in [3.63, 3.8) is 0 Å². The van der Waals surface area contributed by atoms with Gasteiger partial charge in [0.25, 0.3) is 0 Å². The monoisotopic (exact) mass is 269 g/mol. The minimum atomic E-state index is -0.221. The third kappa shape index (κ3) is 4.39. The van der Waals surface area contributed by atoms with Crippen molar-refractivity contribution < 1.29 is 4.79 Å². The Bertz CT molecular complexity index is 555. The molecule has 0 aliphatic carbocycles. The molecule has 1 heterocycles. The fourth-order valence-electron chi connectivity index (χ4n) is 1.87. The van der Waals surface area contributed by atoms with E-state index >= 15 is 0 Å². The third-order valence-corrected chi connectivity index (χ3v) is 2.95. The Morgan fingerprint density at radius 1 is 1.10 bits per heavy atom. The number of aromatic nitrogens is 1. The highest BCUT2D eigenvalue weighted by molar-refractivity contribution is 5.88. The topological polar surface area (TPSA) is 54.0 Å². The van der Waals surface area contributed by atoms with Crippen molar-refractivity contribution in [2.24, 2.45) is 0 Å². The lowest BCUT2D eigenvalue weighted by Gasteiger charge is -2.08. The number of carbonyl (C=O) groups excluding carboxylic acids is 1. The van der Waals surface area contributed by atoms with Crippen LogP contribution in [-0.2, 0) is 12.8 Å². The Kier molecular flexibility index (Phi) is 5.12. The van der Waals surface area contributed by atoms with Crippen molar-refractivity contribution in [1.29, 1.82) is 0 Å². The Labute approximate surface area is 119 Å². The molecule has 2 amide bonds. The van der Waals surface area contributed by atoms with E-state index < -0.39 is 0 Å². The van der Waals surface area contributed by atoms with Gasteiger partial charge in [0, 0.05) is 12.2 Å². The van der Waals surface area contributed by atoms with Gasteiger partial charge in [0.1, 0.15) is 5.82 Å². The largest absolute Gasteiger partial charge is 0.337 e. The van der Waals surface area contributed by atoms with Gasteiger partial charge in [-0.1, -0.05) is 43.3 Å². The zero-order valence-electron chi connectivity index (χ0n) is 11.6. The summed E-state index contributed by atoms with van der Waals surface area (Å²) in [4.78, 5) is 16.1. The molecule has 0 saturated carbocycles. The standard InChI is InChI=1S/C16H19N3O/c1-2-14-9-6-10-15(18-14)19-16(20)17-12-11-13-7-4-3-5-8-13/h3-10H,2,11-12H2,1H3,(H2,17,18,19,20). The van der Waals surface area contributed by atoms with Gasteiger partial charge in [-0.2, -0.15) is 0 Å². The van der Waals surface area contributed by atoms with Crippen LogP contribution in [-0.4, -0.2) is 17.6 Å². The molecule has 0 atom stereocenters. The van der Waals surface area contributed by atoms with Gasteiger partial charge < -0.3 is 5.32 Å². The lowest BCUT2D eigenvalue weighted by Crippen LogP contribution is -2.30. The molecule has 4 nitrogen and oxygen atoms in total. The molecule has 4 heteroatoms. The number of nitrogens with zero attached hydrogens (tertiary/aromatic N) is 1. The van der Waals surface area contributed by atoms with E-state index in [0.717, 1.165) is 18.5 Å². The molecule has 2 N–H and O–H groups in total. The van der Waals surface area contributed by atoms with E-state index in [-0.39, 0.29) is 6.03 Å². The number of nitrogens with one attached hydrogen (secondary N) is 2. The summed E-state index contributed by atoms with van der Waals surface area (Å²) in [6, 6.07) is 15.5. The highest BCUT2D eigenvalue weighted by atomic mass is 16.2. The number of aryl methyl sites for hydroxylation is 1. The number of amides is 2. The second kappa shape index (κ2) is 7.28. The van der Waals surface area contributed by atoms with Gasteiger partial charge in [0.15, 0.2) is 0 Å². The molecule has 0 fully saturated rings. The van der Waals surface area contributed by atoms with Crippen LogP contribution in [0.3, 0.4) is 0 Å². The molecule has 0 bridgehead atoms. The molecular weight excluding hydrogens is 250 g/mol. The van der Waals surface area contributed by atoms with Gasteiger partial charge in [-0.15, -0.1) is 0 Å². The normalized spacial score (nSPS) is 10.1. The smallest absolute Gasteiger partial charge is 0.320 e. The maximum atomic E-state index is 11.7. The molecule has 104 valence electrons. The summed E-state index contributed by atoms with van der Waals surface area (Å²) in [5, 5.41) is 5.57. The van der Waals surface area contributed by atoms with Crippen LogP contribution in [0.1, 0.15) is 18.2 Å². The van der Waals surface area contributed by atoms with Crippen LogP contribution in [0.5, 0.6) is 0 Å². The van der Waals surface area contributed by atoms with E-state index in [9.17, 15) is 4.79 Å². The van der Waals surface area contributed by atoms with Gasteiger partial charge in [-0.25, -0.2) is 9.78 Å². The number of carbonyl (C=O) groups is 1. The highest BCUT2D eigenvalue weighted by Gasteiger charge is 2.02. The minimum absolute atomic E-state index is 0.221. The van der Waals surface area contributed by atoms with Crippen molar-refractivity contribution >= 4 is 11.8 Å². The van der Waals surface area contributed by atoms with Crippen molar-refractivity contribution in [3.05, 3.63) is 59.8 Å². The fraction of sp³-hybridized carbons (Fsp3) is 0.250. The molecule has 0 aliphatic rings. The second-order valence-corrected chi connectivity index (χ2v) is 4.48. The fourth-order valence-corrected chi connectivity index (χ4v) is 1.87. The average Bonchev–Trinajstić information content (AvgIpc) is 2.48. The van der Waals surface area contributed by atoms with Gasteiger partial charge in [-0.3, -0.25) is 5.32 Å². The van der Waals surface area contributed by atoms with Crippen LogP contribution < -0.4 is 10.6 Å². The maximum absolute atomic E-state index is 11.7. The summed E-state index contributed by atoms with van der Waals surface area (Å²) in [6.07, 6.45) is 1.67. The van der Waals surface area contributed by atoms with Crippen molar-refractivity contribution in [2.75, 3.05) is 11.9 Å². The van der Waals surface area contributed by atoms with E-state index in [0.29, 0.717) is 12.4 Å². The van der Waals surface area contributed by atoms with Crippen LogP contribution in [0.15, 0.2) is 48.5 Å². The third-order valence-electron chi connectivity index (χ3n) is 2.95. The molecule has 1 aromatic heterocycles. The first-order valence-electron chi connectivity index (χ1n) is 6.82. The van der Waals surface area contributed by atoms with Crippen LogP contribution in [0.25, 0.3) is 0 Å².